The number of para-hydroxylation sites is 3. The van der Waals surface area contributed by atoms with Gasteiger partial charge in [-0.25, -0.2) is 15.0 Å². The van der Waals surface area contributed by atoms with Gasteiger partial charge in [-0.2, -0.15) is 0 Å². The molecule has 56 heavy (non-hydrogen) atoms. The minimum atomic E-state index is 0.494. The molecule has 5 aromatic heterocycles. The van der Waals surface area contributed by atoms with Crippen molar-refractivity contribution in [2.45, 2.75) is 0 Å². The Balaban J connectivity index is 1.05. The Morgan fingerprint density at radius 1 is 0.304 bits per heavy atom. The third-order valence-electron chi connectivity index (χ3n) is 10.5. The number of nitrogens with zero attached hydrogens (tertiary/aromatic N) is 7. The molecule has 0 amide bonds. The Morgan fingerprint density at radius 3 is 1.36 bits per heavy atom. The Kier molecular flexibility index (Phi) is 7.35. The maximum atomic E-state index is 4.93. The highest BCUT2D eigenvalue weighted by Gasteiger charge is 2.18. The van der Waals surface area contributed by atoms with Gasteiger partial charge < -0.3 is 9.13 Å². The van der Waals surface area contributed by atoms with E-state index < -0.39 is 0 Å². The third-order valence-corrected chi connectivity index (χ3v) is 10.5. The van der Waals surface area contributed by atoms with Crippen LogP contribution in [0.3, 0.4) is 0 Å². The smallest absolute Gasteiger partial charge is 0.182 e. The van der Waals surface area contributed by atoms with E-state index in [0.29, 0.717) is 28.9 Å². The monoisotopic (exact) mass is 717 g/mol. The molecule has 0 N–H and O–H groups in total. The molecule has 0 saturated carbocycles. The normalized spacial score (nSPS) is 11.6. The van der Waals surface area contributed by atoms with Gasteiger partial charge >= 0.3 is 0 Å². The fourth-order valence-corrected chi connectivity index (χ4v) is 7.95. The van der Waals surface area contributed by atoms with Crippen molar-refractivity contribution in [3.05, 3.63) is 188 Å². The van der Waals surface area contributed by atoms with E-state index in [1.807, 2.05) is 42.5 Å². The van der Waals surface area contributed by atoms with E-state index in [1.54, 1.807) is 12.4 Å². The van der Waals surface area contributed by atoms with Crippen LogP contribution < -0.4 is 0 Å². The van der Waals surface area contributed by atoms with Gasteiger partial charge in [-0.1, -0.05) is 91.0 Å². The molecule has 0 aliphatic heterocycles. The van der Waals surface area contributed by atoms with E-state index in [2.05, 4.69) is 153 Å². The molecule has 11 rings (SSSR count). The molecule has 5 heterocycles. The number of benzene rings is 6. The zero-order valence-electron chi connectivity index (χ0n) is 30.0. The highest BCUT2D eigenvalue weighted by atomic mass is 15.1. The highest BCUT2D eigenvalue weighted by Crippen LogP contribution is 2.38. The highest BCUT2D eigenvalue weighted by molar-refractivity contribution is 6.12. The van der Waals surface area contributed by atoms with Gasteiger partial charge in [-0.3, -0.25) is 9.97 Å². The summed E-state index contributed by atoms with van der Waals surface area (Å²) in [6, 6.07) is 61.4. The van der Waals surface area contributed by atoms with Crippen molar-refractivity contribution in [3.63, 3.8) is 0 Å². The van der Waals surface area contributed by atoms with Crippen LogP contribution >= 0.6 is 0 Å². The number of pyridine rings is 2. The number of hydrogen-bond acceptors (Lipinski definition) is 5. The first kappa shape index (κ1) is 31.7. The molecule has 7 nitrogen and oxygen atoms in total. The second-order valence-electron chi connectivity index (χ2n) is 13.8. The molecule has 0 aliphatic rings. The van der Waals surface area contributed by atoms with E-state index in [1.165, 1.54) is 43.7 Å². The van der Waals surface area contributed by atoms with Gasteiger partial charge in [0.25, 0.3) is 0 Å². The number of hydrogen-bond donors (Lipinski definition) is 0. The van der Waals surface area contributed by atoms with Crippen LogP contribution in [0.2, 0.25) is 0 Å². The molecule has 11 aromatic rings. The summed E-state index contributed by atoms with van der Waals surface area (Å²) in [6.45, 7) is 0. The lowest BCUT2D eigenvalue weighted by atomic mass is 10.0. The summed E-state index contributed by atoms with van der Waals surface area (Å²) in [7, 11) is 0. The molecule has 7 heteroatoms. The summed E-state index contributed by atoms with van der Waals surface area (Å²) in [4.78, 5) is 23.7. The summed E-state index contributed by atoms with van der Waals surface area (Å²) < 4.78 is 4.68. The lowest BCUT2D eigenvalue weighted by Gasteiger charge is -2.11. The first-order valence-electron chi connectivity index (χ1n) is 18.6. The summed E-state index contributed by atoms with van der Waals surface area (Å²) in [5, 5.41) is 4.84. The molecule has 0 atom stereocenters. The predicted octanol–water partition coefficient (Wildman–Crippen LogP) is 11.5. The fourth-order valence-electron chi connectivity index (χ4n) is 7.95. The summed E-state index contributed by atoms with van der Waals surface area (Å²) in [6.07, 6.45) is 3.49. The summed E-state index contributed by atoms with van der Waals surface area (Å²) in [5.41, 5.74) is 11.3. The van der Waals surface area contributed by atoms with E-state index in [0.717, 1.165) is 28.0 Å². The Bertz CT molecular complexity index is 3180. The maximum absolute atomic E-state index is 4.93. The largest absolute Gasteiger partial charge is 0.309 e. The average molecular weight is 718 g/mol. The fraction of sp³-hybridized carbons (Fsp3) is 0. The van der Waals surface area contributed by atoms with Crippen LogP contribution in [0.4, 0.5) is 0 Å². The number of rotatable bonds is 6. The van der Waals surface area contributed by atoms with Crippen LogP contribution in [0.25, 0.3) is 101 Å². The van der Waals surface area contributed by atoms with Crippen molar-refractivity contribution >= 4 is 43.6 Å². The second-order valence-corrected chi connectivity index (χ2v) is 13.8. The van der Waals surface area contributed by atoms with E-state index in [9.17, 15) is 0 Å². The van der Waals surface area contributed by atoms with Gasteiger partial charge in [0.1, 0.15) is 11.4 Å². The molecule has 0 aliphatic carbocycles. The molecule has 0 bridgehead atoms. The van der Waals surface area contributed by atoms with Crippen LogP contribution in [0.15, 0.2) is 188 Å². The zero-order valence-corrected chi connectivity index (χ0v) is 30.0. The number of aromatic nitrogens is 7. The van der Waals surface area contributed by atoms with Crippen LogP contribution in [0, 0.1) is 0 Å². The standard InChI is InChI=1S/C49H31N7/c1-2-14-35(15-3-1)55-43-21-6-4-17-37(43)39-30-32(23-25-45(39)55)33-24-26-46-40(31-33)38-18-5-7-22-44(38)56(46)36-16-12-13-34(29-36)47-52-48(41-19-8-10-27-50-41)54-49(53-47)42-20-9-11-28-51-42/h1-31H. The average Bonchev–Trinajstić information content (AvgIpc) is 3.79. The molecular formula is C49H31N7. The molecule has 0 radical (unpaired) electrons. The topological polar surface area (TPSA) is 74.3 Å². The van der Waals surface area contributed by atoms with Crippen molar-refractivity contribution in [3.8, 4) is 56.9 Å². The molecule has 6 aromatic carbocycles. The summed E-state index contributed by atoms with van der Waals surface area (Å²) >= 11 is 0. The Hall–Kier alpha value is -7.77. The van der Waals surface area contributed by atoms with Crippen molar-refractivity contribution in [1.29, 1.82) is 0 Å². The van der Waals surface area contributed by atoms with Gasteiger partial charge in [0.05, 0.1) is 22.1 Å². The van der Waals surface area contributed by atoms with Crippen LogP contribution in [-0.4, -0.2) is 34.1 Å². The lowest BCUT2D eigenvalue weighted by molar-refractivity contribution is 1.04. The first-order valence-corrected chi connectivity index (χ1v) is 18.6. The lowest BCUT2D eigenvalue weighted by Crippen LogP contribution is -2.02. The van der Waals surface area contributed by atoms with Crippen molar-refractivity contribution in [2.24, 2.45) is 0 Å². The zero-order chi connectivity index (χ0) is 37.0. The number of fused-ring (bicyclic) bond motifs is 6. The van der Waals surface area contributed by atoms with Gasteiger partial charge in [0, 0.05) is 50.9 Å². The van der Waals surface area contributed by atoms with Gasteiger partial charge in [0.15, 0.2) is 17.5 Å². The Morgan fingerprint density at radius 2 is 0.786 bits per heavy atom. The van der Waals surface area contributed by atoms with Crippen LogP contribution in [0.5, 0.6) is 0 Å². The molecule has 0 saturated heterocycles. The van der Waals surface area contributed by atoms with Crippen LogP contribution in [0.1, 0.15) is 0 Å². The van der Waals surface area contributed by atoms with Gasteiger partial charge in [0.2, 0.25) is 0 Å². The minimum Gasteiger partial charge on any atom is -0.309 e. The quantitative estimate of drug-likeness (QED) is 0.171. The third kappa shape index (κ3) is 5.25. The van der Waals surface area contributed by atoms with E-state index >= 15 is 0 Å². The minimum absolute atomic E-state index is 0.494. The molecule has 0 spiro atoms. The molecule has 262 valence electrons. The van der Waals surface area contributed by atoms with Crippen molar-refractivity contribution in [2.75, 3.05) is 0 Å². The van der Waals surface area contributed by atoms with Gasteiger partial charge in [-0.15, -0.1) is 0 Å². The first-order chi connectivity index (χ1) is 27.8. The molecule has 0 fully saturated rings. The van der Waals surface area contributed by atoms with Crippen molar-refractivity contribution in [1.82, 2.24) is 34.1 Å². The molecular weight excluding hydrogens is 687 g/mol. The SMILES string of the molecule is c1ccc(-n2c3ccccc3c3cc(-c4ccc5c(c4)c4ccccc4n5-c4cccc(-c5nc(-c6ccccn6)nc(-c6ccccn6)n5)c4)ccc32)cc1. The van der Waals surface area contributed by atoms with E-state index in [-0.39, 0.29) is 0 Å². The van der Waals surface area contributed by atoms with Gasteiger partial charge in [-0.05, 0) is 96.1 Å². The van der Waals surface area contributed by atoms with E-state index in [4.69, 9.17) is 15.0 Å². The second kappa shape index (κ2) is 13.0. The predicted molar refractivity (Wildman–Crippen MR) is 226 cm³/mol. The Labute approximate surface area is 321 Å². The maximum Gasteiger partial charge on any atom is 0.182 e. The van der Waals surface area contributed by atoms with Crippen LogP contribution in [-0.2, 0) is 0 Å². The van der Waals surface area contributed by atoms with Crippen molar-refractivity contribution < 1.29 is 0 Å². The molecule has 0 unspecified atom stereocenters. The summed E-state index contributed by atoms with van der Waals surface area (Å²) in [5.74, 6) is 1.54.